The van der Waals surface area contributed by atoms with Gasteiger partial charge in [-0.1, -0.05) is 12.1 Å². The number of benzene rings is 2. The third-order valence-electron chi connectivity index (χ3n) is 4.40. The number of halogens is 1. The minimum atomic E-state index is -0.207. The topological polar surface area (TPSA) is 49.9 Å². The molecule has 4 rings (SSSR count). The van der Waals surface area contributed by atoms with Crippen molar-refractivity contribution >= 4 is 10.9 Å². The lowest BCUT2D eigenvalue weighted by Gasteiger charge is -2.08. The highest BCUT2D eigenvalue weighted by Gasteiger charge is 2.05. The molecular weight excluding hydrogens is 341 g/mol. The van der Waals surface area contributed by atoms with Crippen molar-refractivity contribution in [2.45, 2.75) is 13.0 Å². The lowest BCUT2D eigenvalue weighted by Crippen LogP contribution is -2.16. The molecule has 0 bridgehead atoms. The van der Waals surface area contributed by atoms with Gasteiger partial charge in [-0.3, -0.25) is 4.98 Å². The summed E-state index contributed by atoms with van der Waals surface area (Å²) < 4.78 is 19.3. The molecule has 2 aromatic heterocycles. The first-order valence-electron chi connectivity index (χ1n) is 8.91. The van der Waals surface area contributed by atoms with Crippen LogP contribution in [0.25, 0.3) is 10.9 Å². The van der Waals surface area contributed by atoms with Gasteiger partial charge in [0.2, 0.25) is 0 Å². The molecule has 0 aliphatic rings. The number of nitrogens with one attached hydrogen (secondary N) is 2. The summed E-state index contributed by atoms with van der Waals surface area (Å²) in [5.74, 6) is 1.30. The average Bonchev–Trinajstić information content (AvgIpc) is 3.08. The molecule has 0 saturated carbocycles. The van der Waals surface area contributed by atoms with Crippen LogP contribution in [-0.4, -0.2) is 16.5 Å². The van der Waals surface area contributed by atoms with Crippen molar-refractivity contribution in [1.82, 2.24) is 15.3 Å². The zero-order chi connectivity index (χ0) is 18.5. The van der Waals surface area contributed by atoms with Crippen LogP contribution in [0.15, 0.2) is 73.2 Å². The highest BCUT2D eigenvalue weighted by Crippen LogP contribution is 2.21. The maximum Gasteiger partial charge on any atom is 0.145 e. The number of aromatic amines is 1. The number of ether oxygens (including phenoxy) is 1. The standard InChI is InChI=1S/C22H20FN3O/c23-18-6-7-22-21(12-18)17(14-26-22)8-10-25-13-16-3-1-4-19(11-16)27-20-5-2-9-24-15-20/h1-7,9,11-12,14-15,25-26H,8,10,13H2. The van der Waals surface area contributed by atoms with Crippen molar-refractivity contribution in [3.05, 3.63) is 90.1 Å². The fraction of sp³-hybridized carbons (Fsp3) is 0.136. The molecule has 2 heterocycles. The summed E-state index contributed by atoms with van der Waals surface area (Å²) in [4.78, 5) is 7.24. The normalized spacial score (nSPS) is 11.0. The van der Waals surface area contributed by atoms with E-state index in [-0.39, 0.29) is 5.82 Å². The molecule has 0 spiro atoms. The molecule has 136 valence electrons. The van der Waals surface area contributed by atoms with Crippen LogP contribution in [0.5, 0.6) is 11.5 Å². The maximum absolute atomic E-state index is 13.5. The van der Waals surface area contributed by atoms with Gasteiger partial charge >= 0.3 is 0 Å². The van der Waals surface area contributed by atoms with Gasteiger partial charge in [0.05, 0.1) is 6.20 Å². The van der Waals surface area contributed by atoms with Gasteiger partial charge in [0, 0.05) is 29.8 Å². The Bertz CT molecular complexity index is 1030. The molecule has 0 radical (unpaired) electrons. The molecule has 4 nitrogen and oxygen atoms in total. The van der Waals surface area contributed by atoms with E-state index >= 15 is 0 Å². The third kappa shape index (κ3) is 4.33. The predicted molar refractivity (Wildman–Crippen MR) is 104 cm³/mol. The monoisotopic (exact) mass is 361 g/mol. The Hall–Kier alpha value is -3.18. The fourth-order valence-electron chi connectivity index (χ4n) is 3.08. The Morgan fingerprint density at radius 2 is 1.96 bits per heavy atom. The van der Waals surface area contributed by atoms with E-state index in [1.54, 1.807) is 24.5 Å². The zero-order valence-electron chi connectivity index (χ0n) is 14.8. The molecule has 0 aliphatic carbocycles. The second kappa shape index (κ2) is 8.01. The average molecular weight is 361 g/mol. The Kier molecular flexibility index (Phi) is 5.12. The fourth-order valence-corrected chi connectivity index (χ4v) is 3.08. The Balaban J connectivity index is 1.32. The summed E-state index contributed by atoms with van der Waals surface area (Å²) in [5, 5.41) is 4.38. The predicted octanol–water partition coefficient (Wildman–Crippen LogP) is 4.83. The van der Waals surface area contributed by atoms with Crippen molar-refractivity contribution in [3.8, 4) is 11.5 Å². The number of hydrogen-bond acceptors (Lipinski definition) is 3. The molecule has 0 saturated heterocycles. The number of fused-ring (bicyclic) bond motifs is 1. The lowest BCUT2D eigenvalue weighted by molar-refractivity contribution is 0.479. The Morgan fingerprint density at radius 3 is 2.85 bits per heavy atom. The Morgan fingerprint density at radius 1 is 1.04 bits per heavy atom. The first-order chi connectivity index (χ1) is 13.3. The molecule has 2 N–H and O–H groups in total. The van der Waals surface area contributed by atoms with E-state index in [0.29, 0.717) is 5.75 Å². The van der Waals surface area contributed by atoms with E-state index in [2.05, 4.69) is 21.4 Å². The molecule has 0 amide bonds. The molecule has 0 atom stereocenters. The smallest absolute Gasteiger partial charge is 0.145 e. The molecule has 27 heavy (non-hydrogen) atoms. The van der Waals surface area contributed by atoms with Crippen LogP contribution in [0.3, 0.4) is 0 Å². The summed E-state index contributed by atoms with van der Waals surface area (Å²) in [6.07, 6.45) is 6.19. The zero-order valence-corrected chi connectivity index (χ0v) is 14.8. The summed E-state index contributed by atoms with van der Waals surface area (Å²) in [6.45, 7) is 1.54. The van der Waals surface area contributed by atoms with Crippen LogP contribution in [0.2, 0.25) is 0 Å². The van der Waals surface area contributed by atoms with E-state index in [1.807, 2.05) is 36.5 Å². The second-order valence-corrected chi connectivity index (χ2v) is 6.37. The first-order valence-corrected chi connectivity index (χ1v) is 8.91. The van der Waals surface area contributed by atoms with Crippen LogP contribution in [0.4, 0.5) is 4.39 Å². The van der Waals surface area contributed by atoms with E-state index in [9.17, 15) is 4.39 Å². The van der Waals surface area contributed by atoms with Gasteiger partial charge in [-0.25, -0.2) is 4.39 Å². The first kappa shape index (κ1) is 17.2. The molecule has 0 aliphatic heterocycles. The van der Waals surface area contributed by atoms with E-state index < -0.39 is 0 Å². The Labute approximate surface area is 157 Å². The quantitative estimate of drug-likeness (QED) is 0.464. The van der Waals surface area contributed by atoms with Gasteiger partial charge < -0.3 is 15.0 Å². The summed E-state index contributed by atoms with van der Waals surface area (Å²) in [5.41, 5.74) is 3.22. The van der Waals surface area contributed by atoms with Crippen molar-refractivity contribution < 1.29 is 9.13 Å². The van der Waals surface area contributed by atoms with Crippen LogP contribution in [0, 0.1) is 5.82 Å². The highest BCUT2D eigenvalue weighted by molar-refractivity contribution is 5.83. The number of rotatable bonds is 7. The maximum atomic E-state index is 13.5. The van der Waals surface area contributed by atoms with Gasteiger partial charge in [-0.15, -0.1) is 0 Å². The SMILES string of the molecule is Fc1ccc2[nH]cc(CCNCc3cccc(Oc4cccnc4)c3)c2c1. The van der Waals surface area contributed by atoms with Crippen molar-refractivity contribution in [2.24, 2.45) is 0 Å². The number of nitrogens with zero attached hydrogens (tertiary/aromatic N) is 1. The van der Waals surface area contributed by atoms with Crippen LogP contribution >= 0.6 is 0 Å². The third-order valence-corrected chi connectivity index (χ3v) is 4.40. The van der Waals surface area contributed by atoms with Crippen LogP contribution in [0.1, 0.15) is 11.1 Å². The van der Waals surface area contributed by atoms with Crippen molar-refractivity contribution in [3.63, 3.8) is 0 Å². The summed E-state index contributed by atoms with van der Waals surface area (Å²) >= 11 is 0. The number of pyridine rings is 1. The molecule has 0 fully saturated rings. The van der Waals surface area contributed by atoms with Gasteiger partial charge in [-0.05, 0) is 66.6 Å². The molecule has 4 aromatic rings. The number of H-pyrrole nitrogens is 1. The van der Waals surface area contributed by atoms with Gasteiger partial charge in [0.25, 0.3) is 0 Å². The number of hydrogen-bond donors (Lipinski definition) is 2. The highest BCUT2D eigenvalue weighted by atomic mass is 19.1. The number of aromatic nitrogens is 2. The van der Waals surface area contributed by atoms with Crippen molar-refractivity contribution in [1.29, 1.82) is 0 Å². The van der Waals surface area contributed by atoms with Crippen LogP contribution < -0.4 is 10.1 Å². The molecule has 0 unspecified atom stereocenters. The van der Waals surface area contributed by atoms with Gasteiger partial charge in [-0.2, -0.15) is 0 Å². The van der Waals surface area contributed by atoms with Gasteiger partial charge in [0.1, 0.15) is 17.3 Å². The largest absolute Gasteiger partial charge is 0.456 e. The molecule has 5 heteroatoms. The molecular formula is C22H20FN3O. The van der Waals surface area contributed by atoms with Gasteiger partial charge in [0.15, 0.2) is 0 Å². The summed E-state index contributed by atoms with van der Waals surface area (Å²) in [6, 6.07) is 16.5. The van der Waals surface area contributed by atoms with Crippen LogP contribution in [-0.2, 0) is 13.0 Å². The summed E-state index contributed by atoms with van der Waals surface area (Å²) in [7, 11) is 0. The van der Waals surface area contributed by atoms with E-state index in [4.69, 9.17) is 4.74 Å². The second-order valence-electron chi connectivity index (χ2n) is 6.37. The van der Waals surface area contributed by atoms with Crippen molar-refractivity contribution in [2.75, 3.05) is 6.54 Å². The molecule has 2 aromatic carbocycles. The van der Waals surface area contributed by atoms with E-state index in [1.165, 1.54) is 6.07 Å². The lowest BCUT2D eigenvalue weighted by atomic mass is 10.1. The minimum absolute atomic E-state index is 0.207. The minimum Gasteiger partial charge on any atom is -0.456 e. The van der Waals surface area contributed by atoms with E-state index in [0.717, 1.165) is 47.3 Å².